The maximum absolute atomic E-state index is 6.25. The van der Waals surface area contributed by atoms with Gasteiger partial charge in [-0.2, -0.15) is 0 Å². The zero-order valence-corrected chi connectivity index (χ0v) is 20.5. The Morgan fingerprint density at radius 1 is 0.909 bits per heavy atom. The second-order valence-corrected chi connectivity index (χ2v) is 8.97. The third kappa shape index (κ3) is 5.33. The number of benzene rings is 3. The first kappa shape index (κ1) is 23.2. The molecule has 0 amide bonds. The van der Waals surface area contributed by atoms with E-state index in [1.54, 1.807) is 0 Å². The number of ether oxygens (including phenoxy) is 2. The summed E-state index contributed by atoms with van der Waals surface area (Å²) in [6, 6.07) is 20.3. The predicted octanol–water partition coefficient (Wildman–Crippen LogP) is 7.61. The molecule has 0 radical (unpaired) electrons. The van der Waals surface area contributed by atoms with E-state index in [2.05, 4.69) is 54.8 Å². The summed E-state index contributed by atoms with van der Waals surface area (Å²) >= 11 is 6.17. The van der Waals surface area contributed by atoms with E-state index in [-0.39, 0.29) is 6.10 Å². The average molecular weight is 463 g/mol. The van der Waals surface area contributed by atoms with Gasteiger partial charge in [0.25, 0.3) is 0 Å². The van der Waals surface area contributed by atoms with Gasteiger partial charge in [-0.3, -0.25) is 0 Å². The number of unbranched alkanes of at least 4 members (excludes halogenated alkanes) is 1. The summed E-state index contributed by atoms with van der Waals surface area (Å²) < 4.78 is 14.6. The lowest BCUT2D eigenvalue weighted by Crippen LogP contribution is -2.13. The first-order valence-corrected chi connectivity index (χ1v) is 11.9. The molecule has 3 aromatic carbocycles. The van der Waals surface area contributed by atoms with Crippen molar-refractivity contribution < 1.29 is 9.47 Å². The van der Waals surface area contributed by atoms with Gasteiger partial charge in [-0.05, 0) is 87.6 Å². The number of aryl methyl sites for hydroxylation is 4. The van der Waals surface area contributed by atoms with Crippen molar-refractivity contribution in [3.8, 4) is 11.5 Å². The summed E-state index contributed by atoms with van der Waals surface area (Å²) in [7, 11) is 0. The molecule has 4 aromatic rings. The Hall–Kier alpha value is -2.98. The summed E-state index contributed by atoms with van der Waals surface area (Å²) in [4.78, 5) is 4.90. The molecule has 5 heteroatoms. The van der Waals surface area contributed by atoms with Crippen molar-refractivity contribution in [2.45, 2.75) is 53.2 Å². The molecule has 0 aliphatic rings. The van der Waals surface area contributed by atoms with Crippen LogP contribution in [0.4, 0.5) is 0 Å². The molecule has 0 bridgehead atoms. The van der Waals surface area contributed by atoms with E-state index in [1.165, 1.54) is 11.1 Å². The van der Waals surface area contributed by atoms with Gasteiger partial charge in [0.05, 0.1) is 17.6 Å². The summed E-state index contributed by atoms with van der Waals surface area (Å²) in [5.74, 6) is 2.73. The van der Waals surface area contributed by atoms with E-state index in [4.69, 9.17) is 26.1 Å². The molecule has 33 heavy (non-hydrogen) atoms. The molecule has 172 valence electrons. The Balaban J connectivity index is 1.45. The van der Waals surface area contributed by atoms with E-state index in [0.717, 1.165) is 58.3 Å². The lowest BCUT2D eigenvalue weighted by molar-refractivity contribution is 0.210. The smallest absolute Gasteiger partial charge is 0.153 e. The van der Waals surface area contributed by atoms with Gasteiger partial charge in [0, 0.05) is 11.6 Å². The molecular formula is C28H31ClN2O2. The molecule has 1 unspecified atom stereocenters. The molecule has 0 spiro atoms. The predicted molar refractivity (Wildman–Crippen MR) is 136 cm³/mol. The zero-order chi connectivity index (χ0) is 23.4. The van der Waals surface area contributed by atoms with Gasteiger partial charge < -0.3 is 14.0 Å². The molecule has 0 fully saturated rings. The van der Waals surface area contributed by atoms with Crippen molar-refractivity contribution in [2.75, 3.05) is 6.61 Å². The van der Waals surface area contributed by atoms with Crippen LogP contribution in [0.3, 0.4) is 0 Å². The summed E-state index contributed by atoms with van der Waals surface area (Å²) in [5, 5.41) is 0.741. The molecule has 0 N–H and O–H groups in total. The number of rotatable bonds is 9. The number of imidazole rings is 1. The highest BCUT2D eigenvalue weighted by molar-refractivity contribution is 6.31. The molecule has 0 saturated heterocycles. The Bertz CT molecular complexity index is 1230. The fraction of sp³-hybridized carbons (Fsp3) is 0.321. The van der Waals surface area contributed by atoms with Crippen molar-refractivity contribution in [1.29, 1.82) is 0 Å². The Morgan fingerprint density at radius 3 is 2.42 bits per heavy atom. The van der Waals surface area contributed by atoms with Crippen LogP contribution in [0.2, 0.25) is 5.02 Å². The molecular weight excluding hydrogens is 432 g/mol. The van der Waals surface area contributed by atoms with Crippen LogP contribution >= 0.6 is 11.6 Å². The zero-order valence-electron chi connectivity index (χ0n) is 19.8. The second kappa shape index (κ2) is 10.3. The molecule has 1 aromatic heterocycles. The van der Waals surface area contributed by atoms with Gasteiger partial charge in [0.1, 0.15) is 11.5 Å². The minimum Gasteiger partial charge on any atom is -0.493 e. The van der Waals surface area contributed by atoms with E-state index in [0.29, 0.717) is 6.61 Å². The topological polar surface area (TPSA) is 36.3 Å². The molecule has 1 heterocycles. The number of para-hydroxylation sites is 3. The van der Waals surface area contributed by atoms with Crippen LogP contribution in [0.15, 0.2) is 60.7 Å². The van der Waals surface area contributed by atoms with Crippen LogP contribution in [0, 0.1) is 20.8 Å². The van der Waals surface area contributed by atoms with Gasteiger partial charge in [-0.25, -0.2) is 4.98 Å². The molecule has 0 aliphatic heterocycles. The average Bonchev–Trinajstić information content (AvgIpc) is 3.16. The number of halogens is 1. The minimum absolute atomic E-state index is 0.191. The standard InChI is InChI=1S/C28H31ClN2O2/c1-19-10-9-11-20(2)27(19)32-17-8-7-16-31-26-13-6-5-12-25(26)30-28(31)22(4)33-23-14-15-24(29)21(3)18-23/h5-6,9-15,18,22H,7-8,16-17H2,1-4H3. The third-order valence-corrected chi connectivity index (χ3v) is 6.35. The van der Waals surface area contributed by atoms with Gasteiger partial charge in [-0.1, -0.05) is 41.9 Å². The maximum atomic E-state index is 6.25. The van der Waals surface area contributed by atoms with Gasteiger partial charge in [0.2, 0.25) is 0 Å². The first-order valence-electron chi connectivity index (χ1n) is 11.5. The van der Waals surface area contributed by atoms with Crippen molar-refractivity contribution in [3.05, 3.63) is 88.2 Å². The Labute approximate surface area is 201 Å². The first-order chi connectivity index (χ1) is 15.9. The van der Waals surface area contributed by atoms with Crippen LogP contribution < -0.4 is 9.47 Å². The number of nitrogens with zero attached hydrogens (tertiary/aromatic N) is 2. The highest BCUT2D eigenvalue weighted by atomic mass is 35.5. The Kier molecular flexibility index (Phi) is 7.24. The number of hydrogen-bond donors (Lipinski definition) is 0. The largest absolute Gasteiger partial charge is 0.493 e. The van der Waals surface area contributed by atoms with Crippen LogP contribution in [0.1, 0.15) is 48.4 Å². The van der Waals surface area contributed by atoms with E-state index in [9.17, 15) is 0 Å². The van der Waals surface area contributed by atoms with E-state index >= 15 is 0 Å². The highest BCUT2D eigenvalue weighted by Crippen LogP contribution is 2.28. The molecule has 0 saturated carbocycles. The van der Waals surface area contributed by atoms with Gasteiger partial charge in [0.15, 0.2) is 11.9 Å². The second-order valence-electron chi connectivity index (χ2n) is 8.56. The van der Waals surface area contributed by atoms with E-state index in [1.807, 2.05) is 38.1 Å². The maximum Gasteiger partial charge on any atom is 0.153 e. The third-order valence-electron chi connectivity index (χ3n) is 5.92. The fourth-order valence-corrected chi connectivity index (χ4v) is 4.28. The monoisotopic (exact) mass is 462 g/mol. The SMILES string of the molecule is Cc1cc(OC(C)c2nc3ccccc3n2CCCCOc2c(C)cccc2C)ccc1Cl. The summed E-state index contributed by atoms with van der Waals surface area (Å²) in [6.45, 7) is 9.77. The number of aromatic nitrogens is 2. The van der Waals surface area contributed by atoms with Gasteiger partial charge >= 0.3 is 0 Å². The number of hydrogen-bond acceptors (Lipinski definition) is 3. The lowest BCUT2D eigenvalue weighted by Gasteiger charge is -2.17. The molecule has 1 atom stereocenters. The minimum atomic E-state index is -0.191. The summed E-state index contributed by atoms with van der Waals surface area (Å²) in [5.41, 5.74) is 5.48. The highest BCUT2D eigenvalue weighted by Gasteiger charge is 2.18. The summed E-state index contributed by atoms with van der Waals surface area (Å²) in [6.07, 6.45) is 1.76. The van der Waals surface area contributed by atoms with Crippen molar-refractivity contribution in [3.63, 3.8) is 0 Å². The molecule has 4 rings (SSSR count). The number of fused-ring (bicyclic) bond motifs is 1. The van der Waals surface area contributed by atoms with Crippen LogP contribution in [0.5, 0.6) is 11.5 Å². The van der Waals surface area contributed by atoms with Crippen molar-refractivity contribution in [2.24, 2.45) is 0 Å². The van der Waals surface area contributed by atoms with Crippen molar-refractivity contribution in [1.82, 2.24) is 9.55 Å². The van der Waals surface area contributed by atoms with Crippen LogP contribution in [-0.4, -0.2) is 16.2 Å². The Morgan fingerprint density at radius 2 is 1.67 bits per heavy atom. The van der Waals surface area contributed by atoms with Crippen LogP contribution in [-0.2, 0) is 6.54 Å². The van der Waals surface area contributed by atoms with E-state index < -0.39 is 0 Å². The fourth-order valence-electron chi connectivity index (χ4n) is 4.16. The quantitative estimate of drug-likeness (QED) is 0.240. The normalized spacial score (nSPS) is 12.2. The van der Waals surface area contributed by atoms with Crippen LogP contribution in [0.25, 0.3) is 11.0 Å². The molecule has 4 nitrogen and oxygen atoms in total. The van der Waals surface area contributed by atoms with Crippen molar-refractivity contribution >= 4 is 22.6 Å². The molecule has 0 aliphatic carbocycles. The van der Waals surface area contributed by atoms with Gasteiger partial charge in [-0.15, -0.1) is 0 Å². The lowest BCUT2D eigenvalue weighted by atomic mass is 10.1.